The molecule has 1 N–H and O–H groups in total. The van der Waals surface area contributed by atoms with Gasteiger partial charge in [-0.1, -0.05) is 55.4 Å². The first kappa shape index (κ1) is 20.4. The molecule has 0 aliphatic carbocycles. The Labute approximate surface area is 132 Å². The summed E-state index contributed by atoms with van der Waals surface area (Å²) in [6, 6.07) is 0. The third kappa shape index (κ3) is 6.82. The Morgan fingerprint density at radius 2 is 1.57 bits per heavy atom. The summed E-state index contributed by atoms with van der Waals surface area (Å²) in [5, 5.41) is 3.17. The molecule has 0 aliphatic heterocycles. The smallest absolute Gasteiger partial charge is 0.226 e. The molecule has 21 heavy (non-hydrogen) atoms. The van der Waals surface area contributed by atoms with Crippen LogP contribution in [0.2, 0.25) is 0 Å². The molecule has 1 atom stereocenters. The Morgan fingerprint density at radius 1 is 1.05 bits per heavy atom. The summed E-state index contributed by atoms with van der Waals surface area (Å²) in [5.41, 5.74) is -0.256. The number of amides is 1. The topological polar surface area (TPSA) is 32.3 Å². The summed E-state index contributed by atoms with van der Waals surface area (Å²) in [6.45, 7) is 20.3. The fraction of sp³-hybridized carbons (Fsp3) is 0.944. The van der Waals surface area contributed by atoms with Crippen LogP contribution in [0, 0.1) is 16.2 Å². The number of rotatable bonds is 7. The largest absolute Gasteiger partial charge is 0.356 e. The number of carbonyl (C=O) groups excluding carboxylic acids is 1. The van der Waals surface area contributed by atoms with Gasteiger partial charge in [0.1, 0.15) is 0 Å². The summed E-state index contributed by atoms with van der Waals surface area (Å²) < 4.78 is 0. The molecular formula is C18H38N2O. The van der Waals surface area contributed by atoms with E-state index in [0.717, 1.165) is 32.5 Å². The van der Waals surface area contributed by atoms with Crippen molar-refractivity contribution >= 4 is 5.91 Å². The lowest BCUT2D eigenvalue weighted by Crippen LogP contribution is -2.49. The van der Waals surface area contributed by atoms with Crippen LogP contribution in [0.25, 0.3) is 0 Å². The van der Waals surface area contributed by atoms with E-state index in [1.165, 1.54) is 0 Å². The van der Waals surface area contributed by atoms with Gasteiger partial charge in [0.15, 0.2) is 0 Å². The van der Waals surface area contributed by atoms with E-state index >= 15 is 0 Å². The van der Waals surface area contributed by atoms with E-state index in [1.54, 1.807) is 0 Å². The van der Waals surface area contributed by atoms with Crippen LogP contribution < -0.4 is 5.32 Å². The molecule has 0 aromatic heterocycles. The van der Waals surface area contributed by atoms with E-state index in [1.807, 2.05) is 0 Å². The highest BCUT2D eigenvalue weighted by atomic mass is 16.2. The summed E-state index contributed by atoms with van der Waals surface area (Å²) >= 11 is 0. The molecule has 0 rings (SSSR count). The van der Waals surface area contributed by atoms with E-state index in [4.69, 9.17) is 0 Å². The second-order valence-corrected chi connectivity index (χ2v) is 8.82. The number of carbonyl (C=O) groups is 1. The predicted octanol–water partition coefficient (Wildman–Crippen LogP) is 3.93. The average molecular weight is 299 g/mol. The maximum Gasteiger partial charge on any atom is 0.226 e. The lowest BCUT2D eigenvalue weighted by molar-refractivity contribution is -0.138. The number of hydrogen-bond acceptors (Lipinski definition) is 2. The van der Waals surface area contributed by atoms with Crippen LogP contribution in [-0.2, 0) is 4.79 Å². The van der Waals surface area contributed by atoms with E-state index in [2.05, 4.69) is 72.7 Å². The van der Waals surface area contributed by atoms with Gasteiger partial charge < -0.3 is 10.2 Å². The molecular weight excluding hydrogens is 260 g/mol. The fourth-order valence-corrected chi connectivity index (χ4v) is 2.65. The van der Waals surface area contributed by atoms with Gasteiger partial charge in [-0.05, 0) is 43.8 Å². The monoisotopic (exact) mass is 298 g/mol. The first-order valence-electron chi connectivity index (χ1n) is 8.30. The Balaban J connectivity index is 4.69. The van der Waals surface area contributed by atoms with E-state index in [0.29, 0.717) is 0 Å². The molecule has 126 valence electrons. The van der Waals surface area contributed by atoms with Crippen molar-refractivity contribution in [2.24, 2.45) is 16.2 Å². The Hall–Kier alpha value is -0.570. The number of nitrogens with one attached hydrogen (secondary N) is 1. The minimum atomic E-state index is -0.345. The Kier molecular flexibility index (Phi) is 7.41. The minimum Gasteiger partial charge on any atom is -0.356 e. The Bertz CT molecular complexity index is 325. The average Bonchev–Trinajstić information content (AvgIpc) is 2.30. The number of hydrogen-bond donors (Lipinski definition) is 1. The molecule has 0 spiro atoms. The number of nitrogens with zero attached hydrogens (tertiary/aromatic N) is 1. The highest BCUT2D eigenvalue weighted by Gasteiger charge is 2.46. The molecule has 0 saturated carbocycles. The maximum atomic E-state index is 12.8. The van der Waals surface area contributed by atoms with Crippen molar-refractivity contribution in [1.82, 2.24) is 10.2 Å². The molecule has 0 bridgehead atoms. The zero-order valence-electron chi connectivity index (χ0n) is 15.9. The first-order chi connectivity index (χ1) is 9.33. The molecule has 0 aromatic carbocycles. The third-order valence-electron chi connectivity index (χ3n) is 4.58. The van der Waals surface area contributed by atoms with Gasteiger partial charge in [-0.2, -0.15) is 0 Å². The first-order valence-corrected chi connectivity index (χ1v) is 8.30. The van der Waals surface area contributed by atoms with Gasteiger partial charge in [0, 0.05) is 6.54 Å². The van der Waals surface area contributed by atoms with Crippen molar-refractivity contribution in [3.8, 4) is 0 Å². The lowest BCUT2D eigenvalue weighted by Gasteiger charge is -2.44. The molecule has 0 heterocycles. The van der Waals surface area contributed by atoms with Crippen LogP contribution in [0.4, 0.5) is 0 Å². The summed E-state index contributed by atoms with van der Waals surface area (Å²) in [6.07, 6.45) is 1.90. The van der Waals surface area contributed by atoms with Crippen molar-refractivity contribution in [1.29, 1.82) is 0 Å². The molecule has 0 fully saturated rings. The molecule has 3 heteroatoms. The minimum absolute atomic E-state index is 0.0510. The van der Waals surface area contributed by atoms with E-state index in [-0.39, 0.29) is 22.2 Å². The van der Waals surface area contributed by atoms with Gasteiger partial charge in [-0.3, -0.25) is 4.79 Å². The fourth-order valence-electron chi connectivity index (χ4n) is 2.65. The predicted molar refractivity (Wildman–Crippen MR) is 92.4 cm³/mol. The molecule has 0 radical (unpaired) electrons. The SMILES string of the molecule is CCN(C)CCCNC(=O)C(C)(CC(C)(C)C)C(C)(C)C. The third-order valence-corrected chi connectivity index (χ3v) is 4.58. The van der Waals surface area contributed by atoms with Gasteiger partial charge in [0.25, 0.3) is 0 Å². The normalized spacial score (nSPS) is 15.9. The quantitative estimate of drug-likeness (QED) is 0.722. The van der Waals surface area contributed by atoms with Crippen LogP contribution >= 0.6 is 0 Å². The summed E-state index contributed by atoms with van der Waals surface area (Å²) in [7, 11) is 2.11. The zero-order chi connectivity index (χ0) is 16.9. The summed E-state index contributed by atoms with van der Waals surface area (Å²) in [5.74, 6) is 0.198. The molecule has 0 aromatic rings. The molecule has 1 amide bonds. The second-order valence-electron chi connectivity index (χ2n) is 8.82. The van der Waals surface area contributed by atoms with Gasteiger partial charge in [-0.15, -0.1) is 0 Å². The van der Waals surface area contributed by atoms with Crippen LogP contribution in [0.15, 0.2) is 0 Å². The maximum absolute atomic E-state index is 12.8. The van der Waals surface area contributed by atoms with E-state index in [9.17, 15) is 4.79 Å². The van der Waals surface area contributed by atoms with Crippen LogP contribution in [0.3, 0.4) is 0 Å². The van der Waals surface area contributed by atoms with Crippen molar-refractivity contribution in [3.63, 3.8) is 0 Å². The highest BCUT2D eigenvalue weighted by Crippen LogP contribution is 2.46. The second kappa shape index (κ2) is 7.62. The van der Waals surface area contributed by atoms with Crippen molar-refractivity contribution in [3.05, 3.63) is 0 Å². The summed E-state index contributed by atoms with van der Waals surface area (Å²) in [4.78, 5) is 15.0. The van der Waals surface area contributed by atoms with E-state index < -0.39 is 0 Å². The van der Waals surface area contributed by atoms with Gasteiger partial charge >= 0.3 is 0 Å². The van der Waals surface area contributed by atoms with Crippen molar-refractivity contribution in [2.75, 3.05) is 26.7 Å². The highest BCUT2D eigenvalue weighted by molar-refractivity contribution is 5.83. The van der Waals surface area contributed by atoms with Crippen molar-refractivity contribution < 1.29 is 4.79 Å². The molecule has 1 unspecified atom stereocenters. The van der Waals surface area contributed by atoms with Crippen LogP contribution in [-0.4, -0.2) is 37.5 Å². The van der Waals surface area contributed by atoms with Crippen LogP contribution in [0.1, 0.15) is 68.2 Å². The zero-order valence-corrected chi connectivity index (χ0v) is 15.9. The van der Waals surface area contributed by atoms with Gasteiger partial charge in [-0.25, -0.2) is 0 Å². The van der Waals surface area contributed by atoms with Crippen LogP contribution in [0.5, 0.6) is 0 Å². The molecule has 3 nitrogen and oxygen atoms in total. The molecule has 0 saturated heterocycles. The molecule has 0 aliphatic rings. The van der Waals surface area contributed by atoms with Crippen molar-refractivity contribution in [2.45, 2.75) is 68.2 Å². The van der Waals surface area contributed by atoms with Gasteiger partial charge in [0.05, 0.1) is 5.41 Å². The Morgan fingerprint density at radius 3 is 1.95 bits per heavy atom. The van der Waals surface area contributed by atoms with Gasteiger partial charge in [0.2, 0.25) is 5.91 Å². The standard InChI is InChI=1S/C18H38N2O/c1-10-20(9)13-11-12-19-15(21)18(8,17(5,6)7)14-16(2,3)4/h10-14H2,1-9H3,(H,19,21). The lowest BCUT2D eigenvalue weighted by atomic mass is 9.61.